The Balaban J connectivity index is 2.08. The van der Waals surface area contributed by atoms with Crippen LogP contribution in [-0.4, -0.2) is 9.78 Å². The maximum absolute atomic E-state index is 4.34. The van der Waals surface area contributed by atoms with Gasteiger partial charge in [0.1, 0.15) is 0 Å². The zero-order valence-corrected chi connectivity index (χ0v) is 11.7. The van der Waals surface area contributed by atoms with Gasteiger partial charge in [-0.2, -0.15) is 5.10 Å². The molecule has 0 aliphatic rings. The summed E-state index contributed by atoms with van der Waals surface area (Å²) in [6.07, 6.45) is 2.98. The monoisotopic (exact) mass is 293 g/mol. The van der Waals surface area contributed by atoms with Gasteiger partial charge in [-0.05, 0) is 36.2 Å². The van der Waals surface area contributed by atoms with Gasteiger partial charge in [0, 0.05) is 23.4 Å². The lowest BCUT2D eigenvalue weighted by Gasteiger charge is -2.10. The molecule has 0 atom stereocenters. The van der Waals surface area contributed by atoms with Crippen molar-refractivity contribution in [1.29, 1.82) is 0 Å². The van der Waals surface area contributed by atoms with Gasteiger partial charge in [0.05, 0.1) is 12.2 Å². The van der Waals surface area contributed by atoms with E-state index in [9.17, 15) is 0 Å². The van der Waals surface area contributed by atoms with Crippen molar-refractivity contribution in [2.45, 2.75) is 19.9 Å². The highest BCUT2D eigenvalue weighted by Gasteiger charge is 2.02. The maximum atomic E-state index is 4.34. The second-order valence-electron chi connectivity index (χ2n) is 3.99. The fraction of sp³-hybridized carbons (Fsp3) is 0.308. The minimum absolute atomic E-state index is 0.759. The predicted molar refractivity (Wildman–Crippen MR) is 74.1 cm³/mol. The van der Waals surface area contributed by atoms with Gasteiger partial charge in [-0.3, -0.25) is 4.68 Å². The average molecular weight is 294 g/mol. The molecular weight excluding hydrogens is 278 g/mol. The number of hydrogen-bond acceptors (Lipinski definition) is 2. The third kappa shape index (κ3) is 3.09. The van der Waals surface area contributed by atoms with Crippen molar-refractivity contribution >= 4 is 21.6 Å². The van der Waals surface area contributed by atoms with Crippen LogP contribution in [0.15, 0.2) is 34.9 Å². The van der Waals surface area contributed by atoms with E-state index in [1.165, 1.54) is 11.3 Å². The van der Waals surface area contributed by atoms with Crippen molar-refractivity contribution in [2.75, 3.05) is 5.32 Å². The highest BCUT2D eigenvalue weighted by Crippen LogP contribution is 2.21. The van der Waals surface area contributed by atoms with Gasteiger partial charge >= 0.3 is 0 Å². The van der Waals surface area contributed by atoms with Crippen LogP contribution in [0.1, 0.15) is 18.2 Å². The summed E-state index contributed by atoms with van der Waals surface area (Å²) in [6, 6.07) is 8.34. The van der Waals surface area contributed by atoms with Crippen LogP contribution in [0.2, 0.25) is 0 Å². The second kappa shape index (κ2) is 5.36. The summed E-state index contributed by atoms with van der Waals surface area (Å²) in [5.74, 6) is 0. The maximum Gasteiger partial charge on any atom is 0.0815 e. The number of hydrogen-bond donors (Lipinski definition) is 1. The van der Waals surface area contributed by atoms with Crippen molar-refractivity contribution in [2.24, 2.45) is 7.05 Å². The summed E-state index contributed by atoms with van der Waals surface area (Å²) in [4.78, 5) is 0. The lowest BCUT2D eigenvalue weighted by molar-refractivity contribution is 0.747. The highest BCUT2D eigenvalue weighted by molar-refractivity contribution is 9.10. The molecule has 2 rings (SSSR count). The molecule has 0 amide bonds. The molecule has 1 heterocycles. The molecule has 0 bridgehead atoms. The summed E-state index contributed by atoms with van der Waals surface area (Å²) in [7, 11) is 1.93. The minimum Gasteiger partial charge on any atom is -0.379 e. The normalized spacial score (nSPS) is 10.5. The Hall–Kier alpha value is -1.29. The first kappa shape index (κ1) is 12.2. The van der Waals surface area contributed by atoms with E-state index in [1.807, 2.05) is 24.0 Å². The Morgan fingerprint density at radius 2 is 2.18 bits per heavy atom. The Kier molecular flexibility index (Phi) is 3.84. The summed E-state index contributed by atoms with van der Waals surface area (Å²) >= 11 is 3.49. The first-order chi connectivity index (χ1) is 8.19. The zero-order chi connectivity index (χ0) is 12.3. The lowest BCUT2D eigenvalue weighted by Crippen LogP contribution is -2.03. The average Bonchev–Trinajstić information content (AvgIpc) is 2.73. The fourth-order valence-electron chi connectivity index (χ4n) is 1.77. The zero-order valence-electron chi connectivity index (χ0n) is 10.1. The topological polar surface area (TPSA) is 29.9 Å². The Labute approximate surface area is 110 Å². The van der Waals surface area contributed by atoms with E-state index in [0.29, 0.717) is 0 Å². The largest absolute Gasteiger partial charge is 0.379 e. The quantitative estimate of drug-likeness (QED) is 0.937. The van der Waals surface area contributed by atoms with Crippen LogP contribution in [0, 0.1) is 0 Å². The predicted octanol–water partition coefficient (Wildman–Crippen LogP) is 3.36. The lowest BCUT2D eigenvalue weighted by atomic mass is 10.1. The number of anilines is 1. The molecule has 17 heavy (non-hydrogen) atoms. The van der Waals surface area contributed by atoms with Gasteiger partial charge in [-0.25, -0.2) is 0 Å². The number of halogens is 1. The molecule has 1 aromatic heterocycles. The third-order valence-corrected chi connectivity index (χ3v) is 3.17. The van der Waals surface area contributed by atoms with Crippen LogP contribution in [0.4, 0.5) is 5.69 Å². The summed E-state index contributed by atoms with van der Waals surface area (Å²) in [5, 5.41) is 7.77. The van der Waals surface area contributed by atoms with Crippen molar-refractivity contribution in [3.8, 4) is 0 Å². The van der Waals surface area contributed by atoms with Crippen LogP contribution < -0.4 is 5.32 Å². The SMILES string of the molecule is CCc1cc(Br)ccc1NCc1ccn(C)n1. The second-order valence-corrected chi connectivity index (χ2v) is 4.90. The van der Waals surface area contributed by atoms with Crippen molar-refractivity contribution in [3.63, 3.8) is 0 Å². The van der Waals surface area contributed by atoms with Gasteiger partial charge in [-0.15, -0.1) is 0 Å². The van der Waals surface area contributed by atoms with E-state index in [-0.39, 0.29) is 0 Å². The molecule has 0 unspecified atom stereocenters. The molecule has 0 aliphatic heterocycles. The van der Waals surface area contributed by atoms with Gasteiger partial charge in [0.2, 0.25) is 0 Å². The van der Waals surface area contributed by atoms with Gasteiger partial charge in [-0.1, -0.05) is 22.9 Å². The number of aromatic nitrogens is 2. The molecule has 0 fully saturated rings. The summed E-state index contributed by atoms with van der Waals surface area (Å²) in [5.41, 5.74) is 3.55. The molecular formula is C13H16BrN3. The molecule has 2 aromatic rings. The summed E-state index contributed by atoms with van der Waals surface area (Å²) in [6.45, 7) is 2.92. The molecule has 0 spiro atoms. The van der Waals surface area contributed by atoms with Crippen LogP contribution in [0.3, 0.4) is 0 Å². The first-order valence-electron chi connectivity index (χ1n) is 5.70. The Morgan fingerprint density at radius 3 is 2.82 bits per heavy atom. The van der Waals surface area contributed by atoms with E-state index in [2.05, 4.69) is 51.5 Å². The van der Waals surface area contributed by atoms with Crippen LogP contribution in [0.5, 0.6) is 0 Å². The van der Waals surface area contributed by atoms with E-state index in [1.54, 1.807) is 0 Å². The molecule has 0 saturated carbocycles. The van der Waals surface area contributed by atoms with Crippen LogP contribution >= 0.6 is 15.9 Å². The molecule has 3 nitrogen and oxygen atoms in total. The standard InChI is InChI=1S/C13H16BrN3/c1-3-10-8-11(14)4-5-13(10)15-9-12-6-7-17(2)16-12/h4-8,15H,3,9H2,1-2H3. The Bertz CT molecular complexity index is 505. The van der Waals surface area contributed by atoms with Crippen LogP contribution in [0.25, 0.3) is 0 Å². The highest BCUT2D eigenvalue weighted by atomic mass is 79.9. The van der Waals surface area contributed by atoms with Crippen LogP contribution in [-0.2, 0) is 20.0 Å². The van der Waals surface area contributed by atoms with E-state index in [4.69, 9.17) is 0 Å². The summed E-state index contributed by atoms with van der Waals surface area (Å²) < 4.78 is 2.94. The van der Waals surface area contributed by atoms with E-state index < -0.39 is 0 Å². The number of aryl methyl sites for hydroxylation is 2. The van der Waals surface area contributed by atoms with E-state index in [0.717, 1.165) is 23.1 Å². The molecule has 0 saturated heterocycles. The molecule has 0 radical (unpaired) electrons. The minimum atomic E-state index is 0.759. The van der Waals surface area contributed by atoms with Gasteiger partial charge in [0.15, 0.2) is 0 Å². The van der Waals surface area contributed by atoms with E-state index >= 15 is 0 Å². The van der Waals surface area contributed by atoms with Crippen molar-refractivity contribution < 1.29 is 0 Å². The number of nitrogens with one attached hydrogen (secondary N) is 1. The first-order valence-corrected chi connectivity index (χ1v) is 6.49. The van der Waals surface area contributed by atoms with Gasteiger partial charge in [0.25, 0.3) is 0 Å². The molecule has 1 aromatic carbocycles. The smallest absolute Gasteiger partial charge is 0.0815 e. The van der Waals surface area contributed by atoms with Crippen molar-refractivity contribution in [3.05, 3.63) is 46.2 Å². The number of benzene rings is 1. The number of nitrogens with zero attached hydrogens (tertiary/aromatic N) is 2. The third-order valence-electron chi connectivity index (χ3n) is 2.68. The van der Waals surface area contributed by atoms with Gasteiger partial charge < -0.3 is 5.32 Å². The number of rotatable bonds is 4. The fourth-order valence-corrected chi connectivity index (χ4v) is 2.18. The Morgan fingerprint density at radius 1 is 1.35 bits per heavy atom. The molecule has 90 valence electrons. The van der Waals surface area contributed by atoms with Crippen molar-refractivity contribution in [1.82, 2.24) is 9.78 Å². The molecule has 0 aliphatic carbocycles. The molecule has 1 N–H and O–H groups in total. The molecule has 4 heteroatoms.